The Morgan fingerprint density at radius 2 is 1.43 bits per heavy atom. The fourth-order valence-corrected chi connectivity index (χ4v) is 3.09. The summed E-state index contributed by atoms with van der Waals surface area (Å²) in [4.78, 5) is 2.07. The van der Waals surface area contributed by atoms with Crippen LogP contribution in [0, 0.1) is 11.6 Å². The van der Waals surface area contributed by atoms with Gasteiger partial charge in [-0.15, -0.1) is 38.0 Å². The van der Waals surface area contributed by atoms with Crippen molar-refractivity contribution in [3.63, 3.8) is 0 Å². The van der Waals surface area contributed by atoms with Crippen LogP contribution in [0.4, 0.5) is 22.0 Å². The number of ether oxygens (including phenoxy) is 1. The highest BCUT2D eigenvalue weighted by Gasteiger charge is 2.31. The molecule has 2 aromatic rings. The second-order valence-electron chi connectivity index (χ2n) is 5.98. The molecule has 1 fully saturated rings. The van der Waals surface area contributed by atoms with Crippen LogP contribution in [0.5, 0.6) is 5.75 Å². The van der Waals surface area contributed by atoms with Gasteiger partial charge in [-0.2, -0.15) is 0 Å². The Bertz CT molecular complexity index is 753. The number of nitrogens with zero attached hydrogens (tertiary/aromatic N) is 1. The Balaban J connectivity index is 0.00000196. The maximum absolute atomic E-state index is 13.7. The van der Waals surface area contributed by atoms with Crippen LogP contribution in [-0.2, 0) is 0 Å². The highest BCUT2D eigenvalue weighted by Crippen LogP contribution is 2.32. The Hall–Kier alpha value is -1.61. The summed E-state index contributed by atoms with van der Waals surface area (Å²) in [6.45, 7) is 2.81. The molecule has 0 unspecified atom stereocenters. The number of hydrogen-bond donors (Lipinski definition) is 1. The van der Waals surface area contributed by atoms with Gasteiger partial charge in [0.05, 0.1) is 6.04 Å². The molecule has 28 heavy (non-hydrogen) atoms. The SMILES string of the molecule is Cl.Cl.Fc1ccc([C@@H](c2ccc(OC(F)(F)F)cc2)N2CCNCC2)cc1F. The zero-order valence-electron chi connectivity index (χ0n) is 14.5. The molecule has 3 nitrogen and oxygen atoms in total. The average Bonchev–Trinajstić information content (AvgIpc) is 2.59. The van der Waals surface area contributed by atoms with Gasteiger partial charge >= 0.3 is 6.36 Å². The Kier molecular flexibility index (Phi) is 8.94. The first kappa shape index (κ1) is 24.4. The Labute approximate surface area is 171 Å². The third-order valence-corrected chi connectivity index (χ3v) is 4.21. The molecule has 156 valence electrons. The number of hydrogen-bond acceptors (Lipinski definition) is 3. The van der Waals surface area contributed by atoms with Crippen molar-refractivity contribution < 1.29 is 26.7 Å². The van der Waals surface area contributed by atoms with E-state index < -0.39 is 24.0 Å². The minimum absolute atomic E-state index is 0. The van der Waals surface area contributed by atoms with Gasteiger partial charge in [-0.05, 0) is 35.4 Å². The average molecular weight is 445 g/mol. The summed E-state index contributed by atoms with van der Waals surface area (Å²) in [5, 5.41) is 3.21. The van der Waals surface area contributed by atoms with Crippen molar-refractivity contribution in [2.45, 2.75) is 12.4 Å². The summed E-state index contributed by atoms with van der Waals surface area (Å²) >= 11 is 0. The summed E-state index contributed by atoms with van der Waals surface area (Å²) in [5.41, 5.74) is 1.21. The lowest BCUT2D eigenvalue weighted by Gasteiger charge is -2.35. The van der Waals surface area contributed by atoms with Gasteiger partial charge in [0.2, 0.25) is 0 Å². The number of nitrogens with one attached hydrogen (secondary N) is 1. The van der Waals surface area contributed by atoms with E-state index in [2.05, 4.69) is 15.0 Å². The van der Waals surface area contributed by atoms with Crippen molar-refractivity contribution in [3.8, 4) is 5.75 Å². The molecule has 1 atom stereocenters. The van der Waals surface area contributed by atoms with Gasteiger partial charge in [-0.1, -0.05) is 18.2 Å². The molecule has 1 aliphatic heterocycles. The van der Waals surface area contributed by atoms with Gasteiger partial charge < -0.3 is 10.1 Å². The van der Waals surface area contributed by atoms with Crippen LogP contribution < -0.4 is 10.1 Å². The van der Waals surface area contributed by atoms with Crippen molar-refractivity contribution in [2.24, 2.45) is 0 Å². The Morgan fingerprint density at radius 3 is 1.96 bits per heavy atom. The fourth-order valence-electron chi connectivity index (χ4n) is 3.09. The number of benzene rings is 2. The van der Waals surface area contributed by atoms with E-state index in [1.54, 1.807) is 0 Å². The molecule has 0 amide bonds. The zero-order valence-corrected chi connectivity index (χ0v) is 16.1. The van der Waals surface area contributed by atoms with E-state index in [4.69, 9.17) is 0 Å². The molecular formula is C18H19Cl2F5N2O. The van der Waals surface area contributed by atoms with Crippen molar-refractivity contribution in [3.05, 3.63) is 65.2 Å². The van der Waals surface area contributed by atoms with Gasteiger partial charge in [0.25, 0.3) is 0 Å². The van der Waals surface area contributed by atoms with Crippen LogP contribution >= 0.6 is 24.8 Å². The predicted molar refractivity (Wildman–Crippen MR) is 100 cm³/mol. The first-order chi connectivity index (χ1) is 12.3. The molecule has 0 aliphatic carbocycles. The first-order valence-corrected chi connectivity index (χ1v) is 8.09. The predicted octanol–water partition coefficient (Wildman–Crippen LogP) is 4.70. The molecule has 1 saturated heterocycles. The summed E-state index contributed by atoms with van der Waals surface area (Å²) in [7, 11) is 0. The largest absolute Gasteiger partial charge is 0.573 e. The lowest BCUT2D eigenvalue weighted by atomic mass is 9.96. The van der Waals surface area contributed by atoms with E-state index in [9.17, 15) is 22.0 Å². The van der Waals surface area contributed by atoms with Crippen LogP contribution in [0.15, 0.2) is 42.5 Å². The van der Waals surface area contributed by atoms with Gasteiger partial charge in [0.1, 0.15) is 5.75 Å². The lowest BCUT2D eigenvalue weighted by molar-refractivity contribution is -0.274. The molecule has 10 heteroatoms. The minimum Gasteiger partial charge on any atom is -0.406 e. The third-order valence-electron chi connectivity index (χ3n) is 4.21. The highest BCUT2D eigenvalue weighted by atomic mass is 35.5. The van der Waals surface area contributed by atoms with Gasteiger partial charge in [-0.3, -0.25) is 4.90 Å². The van der Waals surface area contributed by atoms with Crippen LogP contribution in [0.3, 0.4) is 0 Å². The normalized spacial score (nSPS) is 15.9. The van der Waals surface area contributed by atoms with Gasteiger partial charge in [0.15, 0.2) is 11.6 Å². The molecule has 3 rings (SSSR count). The summed E-state index contributed by atoms with van der Waals surface area (Å²) in [6.07, 6.45) is -4.76. The summed E-state index contributed by atoms with van der Waals surface area (Å²) in [6, 6.07) is 8.74. The summed E-state index contributed by atoms with van der Waals surface area (Å²) in [5.74, 6) is -2.23. The molecule has 1 heterocycles. The molecule has 0 bridgehead atoms. The van der Waals surface area contributed by atoms with Crippen LogP contribution in [-0.4, -0.2) is 37.4 Å². The minimum atomic E-state index is -4.76. The van der Waals surface area contributed by atoms with Crippen molar-refractivity contribution >= 4 is 24.8 Å². The molecule has 1 N–H and O–H groups in total. The van der Waals surface area contributed by atoms with Gasteiger partial charge in [0, 0.05) is 26.2 Å². The van der Waals surface area contributed by atoms with Crippen molar-refractivity contribution in [1.29, 1.82) is 0 Å². The van der Waals surface area contributed by atoms with E-state index in [0.29, 0.717) is 24.2 Å². The number of alkyl halides is 3. The molecule has 1 aliphatic rings. The molecule has 0 radical (unpaired) electrons. The van der Waals surface area contributed by atoms with E-state index in [1.165, 1.54) is 30.3 Å². The second-order valence-corrected chi connectivity index (χ2v) is 5.98. The third kappa shape index (κ3) is 6.20. The summed E-state index contributed by atoms with van der Waals surface area (Å²) < 4.78 is 67.9. The van der Waals surface area contributed by atoms with Crippen LogP contribution in [0.2, 0.25) is 0 Å². The van der Waals surface area contributed by atoms with Gasteiger partial charge in [-0.25, -0.2) is 8.78 Å². The van der Waals surface area contributed by atoms with E-state index in [0.717, 1.165) is 25.2 Å². The monoisotopic (exact) mass is 444 g/mol. The maximum atomic E-state index is 13.7. The number of halogens is 7. The van der Waals surface area contributed by atoms with E-state index in [-0.39, 0.29) is 30.6 Å². The quantitative estimate of drug-likeness (QED) is 0.691. The molecule has 0 saturated carbocycles. The lowest BCUT2D eigenvalue weighted by Crippen LogP contribution is -2.45. The second kappa shape index (κ2) is 10.2. The standard InChI is InChI=1S/C18H17F5N2O.2ClH/c19-15-6-3-13(11-16(15)20)17(25-9-7-24-8-10-25)12-1-4-14(5-2-12)26-18(21,22)23;;/h1-6,11,17,24H,7-10H2;2*1H/t17-;;/m1../s1. The number of piperazine rings is 1. The fraction of sp³-hybridized carbons (Fsp3) is 0.333. The van der Waals surface area contributed by atoms with Crippen LogP contribution in [0.1, 0.15) is 17.2 Å². The van der Waals surface area contributed by atoms with Crippen molar-refractivity contribution in [2.75, 3.05) is 26.2 Å². The van der Waals surface area contributed by atoms with Crippen molar-refractivity contribution in [1.82, 2.24) is 10.2 Å². The smallest absolute Gasteiger partial charge is 0.406 e. The molecule has 0 aromatic heterocycles. The Morgan fingerprint density at radius 1 is 0.857 bits per heavy atom. The molecule has 2 aromatic carbocycles. The molecular weight excluding hydrogens is 426 g/mol. The zero-order chi connectivity index (χ0) is 18.7. The highest BCUT2D eigenvalue weighted by molar-refractivity contribution is 5.85. The van der Waals surface area contributed by atoms with Crippen LogP contribution in [0.25, 0.3) is 0 Å². The van der Waals surface area contributed by atoms with E-state index >= 15 is 0 Å². The molecule has 0 spiro atoms. The maximum Gasteiger partial charge on any atom is 0.573 e. The first-order valence-electron chi connectivity index (χ1n) is 8.09. The number of rotatable bonds is 4. The topological polar surface area (TPSA) is 24.5 Å². The van der Waals surface area contributed by atoms with E-state index in [1.807, 2.05) is 0 Å².